The highest BCUT2D eigenvalue weighted by atomic mass is 16.4. The first-order valence-corrected chi connectivity index (χ1v) is 6.23. The lowest BCUT2D eigenvalue weighted by molar-refractivity contribution is -0.150. The van der Waals surface area contributed by atoms with E-state index in [2.05, 4.69) is 9.97 Å². The topological polar surface area (TPSA) is 66.3 Å². The van der Waals surface area contributed by atoms with E-state index in [0.29, 0.717) is 13.0 Å². The molecule has 2 rings (SSSR count). The smallest absolute Gasteiger partial charge is 0.311 e. The Bertz CT molecular complexity index is 461. The van der Waals surface area contributed by atoms with E-state index in [0.717, 1.165) is 18.1 Å². The summed E-state index contributed by atoms with van der Waals surface area (Å²) >= 11 is 0. The minimum absolute atomic E-state index is 0.108. The Kier molecular flexibility index (Phi) is 3.24. The highest BCUT2D eigenvalue weighted by Crippen LogP contribution is 2.39. The molecule has 0 amide bonds. The zero-order valence-electron chi connectivity index (χ0n) is 11.1. The highest BCUT2D eigenvalue weighted by Gasteiger charge is 2.47. The van der Waals surface area contributed by atoms with Crippen LogP contribution in [0, 0.1) is 18.3 Å². The second kappa shape index (κ2) is 4.55. The summed E-state index contributed by atoms with van der Waals surface area (Å²) in [6, 6.07) is 0. The van der Waals surface area contributed by atoms with E-state index in [1.54, 1.807) is 12.4 Å². The Balaban J connectivity index is 2.27. The van der Waals surface area contributed by atoms with Crippen LogP contribution in [0.1, 0.15) is 26.0 Å². The summed E-state index contributed by atoms with van der Waals surface area (Å²) in [6.45, 7) is 7.09. The van der Waals surface area contributed by atoms with Crippen molar-refractivity contribution in [3.05, 3.63) is 18.1 Å². The average molecular weight is 249 g/mol. The van der Waals surface area contributed by atoms with Crippen LogP contribution in [0.2, 0.25) is 0 Å². The number of aliphatic carboxylic acids is 1. The van der Waals surface area contributed by atoms with Crippen LogP contribution in [0.25, 0.3) is 0 Å². The Morgan fingerprint density at radius 1 is 1.44 bits per heavy atom. The van der Waals surface area contributed by atoms with Crippen molar-refractivity contribution in [1.82, 2.24) is 9.97 Å². The van der Waals surface area contributed by atoms with Crippen molar-refractivity contribution < 1.29 is 9.90 Å². The van der Waals surface area contributed by atoms with Crippen LogP contribution in [0.4, 0.5) is 5.82 Å². The van der Waals surface area contributed by atoms with E-state index >= 15 is 0 Å². The lowest BCUT2D eigenvalue weighted by Crippen LogP contribution is -2.39. The van der Waals surface area contributed by atoms with E-state index in [1.165, 1.54) is 0 Å². The number of nitrogens with zero attached hydrogens (tertiary/aromatic N) is 3. The van der Waals surface area contributed by atoms with Gasteiger partial charge >= 0.3 is 5.97 Å². The van der Waals surface area contributed by atoms with E-state index in [4.69, 9.17) is 0 Å². The van der Waals surface area contributed by atoms with Gasteiger partial charge in [0.25, 0.3) is 0 Å². The van der Waals surface area contributed by atoms with Crippen molar-refractivity contribution >= 4 is 11.8 Å². The normalized spacial score (nSPS) is 23.7. The van der Waals surface area contributed by atoms with Gasteiger partial charge < -0.3 is 10.0 Å². The first kappa shape index (κ1) is 12.8. The van der Waals surface area contributed by atoms with Gasteiger partial charge in [0.05, 0.1) is 11.1 Å². The van der Waals surface area contributed by atoms with E-state index in [1.807, 2.05) is 25.7 Å². The molecule has 0 radical (unpaired) electrons. The Morgan fingerprint density at radius 3 is 2.61 bits per heavy atom. The maximum Gasteiger partial charge on any atom is 0.311 e. The quantitative estimate of drug-likeness (QED) is 0.883. The number of aromatic nitrogens is 2. The molecule has 1 saturated heterocycles. The zero-order chi connectivity index (χ0) is 13.3. The standard InChI is InChI=1S/C13H19N3O2/c1-9(2)13(12(17)18)4-7-16(8-13)11-10(3)14-5-6-15-11/h5-6,9H,4,7-8H2,1-3H3,(H,17,18). The van der Waals surface area contributed by atoms with Gasteiger partial charge in [0.15, 0.2) is 0 Å². The Hall–Kier alpha value is -1.65. The minimum atomic E-state index is -0.707. The summed E-state index contributed by atoms with van der Waals surface area (Å²) in [7, 11) is 0. The van der Waals surface area contributed by atoms with Crippen molar-refractivity contribution in [2.45, 2.75) is 27.2 Å². The van der Waals surface area contributed by atoms with Gasteiger partial charge in [-0.15, -0.1) is 0 Å². The maximum absolute atomic E-state index is 11.6. The molecule has 0 spiro atoms. The van der Waals surface area contributed by atoms with Gasteiger partial charge in [-0.25, -0.2) is 4.98 Å². The van der Waals surface area contributed by atoms with Crippen LogP contribution in [-0.2, 0) is 4.79 Å². The van der Waals surface area contributed by atoms with E-state index in [9.17, 15) is 9.90 Å². The number of carboxylic acids is 1. The van der Waals surface area contributed by atoms with Crippen LogP contribution in [-0.4, -0.2) is 34.1 Å². The monoisotopic (exact) mass is 249 g/mol. The molecule has 98 valence electrons. The molecule has 0 bridgehead atoms. The summed E-state index contributed by atoms with van der Waals surface area (Å²) < 4.78 is 0. The summed E-state index contributed by atoms with van der Waals surface area (Å²) in [5.41, 5.74) is 0.187. The Labute approximate surface area is 107 Å². The molecule has 1 aromatic heterocycles. The number of aryl methyl sites for hydroxylation is 1. The number of carbonyl (C=O) groups is 1. The molecule has 0 aliphatic carbocycles. The second-order valence-electron chi connectivity index (χ2n) is 5.25. The first-order valence-electron chi connectivity index (χ1n) is 6.23. The minimum Gasteiger partial charge on any atom is -0.481 e. The van der Waals surface area contributed by atoms with Gasteiger partial charge in [-0.2, -0.15) is 0 Å². The molecule has 5 heteroatoms. The largest absolute Gasteiger partial charge is 0.481 e. The fourth-order valence-corrected chi connectivity index (χ4v) is 2.62. The molecule has 0 saturated carbocycles. The van der Waals surface area contributed by atoms with Gasteiger partial charge in [-0.3, -0.25) is 9.78 Å². The van der Waals surface area contributed by atoms with Gasteiger partial charge in [-0.05, 0) is 19.3 Å². The van der Waals surface area contributed by atoms with Gasteiger partial charge in [0, 0.05) is 25.5 Å². The molecule has 1 atom stereocenters. The van der Waals surface area contributed by atoms with Crippen LogP contribution >= 0.6 is 0 Å². The summed E-state index contributed by atoms with van der Waals surface area (Å²) in [4.78, 5) is 22.1. The van der Waals surface area contributed by atoms with Crippen LogP contribution in [0.15, 0.2) is 12.4 Å². The molecular weight excluding hydrogens is 230 g/mol. The molecule has 5 nitrogen and oxygen atoms in total. The molecule has 1 unspecified atom stereocenters. The van der Waals surface area contributed by atoms with Crippen molar-refractivity contribution in [1.29, 1.82) is 0 Å². The zero-order valence-corrected chi connectivity index (χ0v) is 11.1. The number of anilines is 1. The second-order valence-corrected chi connectivity index (χ2v) is 5.25. The molecule has 0 aromatic carbocycles. The summed E-state index contributed by atoms with van der Waals surface area (Å²) in [5, 5.41) is 9.51. The highest BCUT2D eigenvalue weighted by molar-refractivity contribution is 5.77. The van der Waals surface area contributed by atoms with Gasteiger partial charge in [0.2, 0.25) is 0 Å². The third-order valence-corrected chi connectivity index (χ3v) is 3.99. The third-order valence-electron chi connectivity index (χ3n) is 3.99. The van der Waals surface area contributed by atoms with Gasteiger partial charge in [-0.1, -0.05) is 13.8 Å². The van der Waals surface area contributed by atoms with E-state index < -0.39 is 11.4 Å². The predicted molar refractivity (Wildman–Crippen MR) is 68.5 cm³/mol. The first-order chi connectivity index (χ1) is 8.47. The van der Waals surface area contributed by atoms with Crippen molar-refractivity contribution in [2.24, 2.45) is 11.3 Å². The Morgan fingerprint density at radius 2 is 2.11 bits per heavy atom. The number of hydrogen-bond acceptors (Lipinski definition) is 4. The van der Waals surface area contributed by atoms with Gasteiger partial charge in [0.1, 0.15) is 5.82 Å². The molecule has 18 heavy (non-hydrogen) atoms. The molecule has 1 aliphatic rings. The molecular formula is C13H19N3O2. The van der Waals surface area contributed by atoms with Crippen LogP contribution in [0.5, 0.6) is 0 Å². The number of hydrogen-bond donors (Lipinski definition) is 1. The fourth-order valence-electron chi connectivity index (χ4n) is 2.62. The lowest BCUT2D eigenvalue weighted by atomic mass is 9.76. The number of rotatable bonds is 3. The average Bonchev–Trinajstić information content (AvgIpc) is 2.75. The van der Waals surface area contributed by atoms with Crippen LogP contribution < -0.4 is 4.90 Å². The van der Waals surface area contributed by atoms with Crippen LogP contribution in [0.3, 0.4) is 0 Å². The van der Waals surface area contributed by atoms with E-state index in [-0.39, 0.29) is 5.92 Å². The molecule has 1 N–H and O–H groups in total. The molecule has 1 aromatic rings. The molecule has 1 aliphatic heterocycles. The van der Waals surface area contributed by atoms with Crippen molar-refractivity contribution in [3.63, 3.8) is 0 Å². The van der Waals surface area contributed by atoms with Crippen molar-refractivity contribution in [2.75, 3.05) is 18.0 Å². The molecule has 1 fully saturated rings. The third kappa shape index (κ3) is 1.94. The summed E-state index contributed by atoms with van der Waals surface area (Å²) in [5.74, 6) is 0.208. The SMILES string of the molecule is Cc1nccnc1N1CCC(C(=O)O)(C(C)C)C1. The van der Waals surface area contributed by atoms with Crippen molar-refractivity contribution in [3.8, 4) is 0 Å². The predicted octanol–water partition coefficient (Wildman–Crippen LogP) is 1.72. The fraction of sp³-hybridized carbons (Fsp3) is 0.615. The summed E-state index contributed by atoms with van der Waals surface area (Å²) in [6.07, 6.45) is 3.97. The maximum atomic E-state index is 11.6. The lowest BCUT2D eigenvalue weighted by Gasteiger charge is -2.29. The number of carboxylic acid groups (broad SMARTS) is 1. The molecule has 2 heterocycles.